The Hall–Kier alpha value is -0.130. The van der Waals surface area contributed by atoms with Crippen molar-refractivity contribution in [2.24, 2.45) is 5.73 Å². The van der Waals surface area contributed by atoms with Gasteiger partial charge in [-0.1, -0.05) is 0 Å². The number of rotatable bonds is 3. The summed E-state index contributed by atoms with van der Waals surface area (Å²) in [4.78, 5) is 0. The van der Waals surface area contributed by atoms with E-state index in [2.05, 4.69) is 15.9 Å². The summed E-state index contributed by atoms with van der Waals surface area (Å²) >= 11 is 4.82. The highest BCUT2D eigenvalue weighted by molar-refractivity contribution is 9.10. The van der Waals surface area contributed by atoms with Crippen LogP contribution in [0, 0.1) is 11.6 Å². The van der Waals surface area contributed by atoms with Crippen LogP contribution in [0.25, 0.3) is 0 Å². The molecule has 1 aromatic rings. The second-order valence-electron chi connectivity index (χ2n) is 4.34. The number of nitrogens with two attached hydrogens (primary N) is 1. The van der Waals surface area contributed by atoms with E-state index < -0.39 is 11.6 Å². The van der Waals surface area contributed by atoms with Crippen molar-refractivity contribution in [2.75, 3.05) is 12.3 Å². The van der Waals surface area contributed by atoms with E-state index in [1.54, 1.807) is 11.8 Å². The largest absolute Gasteiger partial charge is 0.329 e. The van der Waals surface area contributed by atoms with Crippen molar-refractivity contribution >= 4 is 27.7 Å². The van der Waals surface area contributed by atoms with E-state index in [4.69, 9.17) is 5.73 Å². The Morgan fingerprint density at radius 1 is 1.41 bits per heavy atom. The molecule has 0 spiro atoms. The van der Waals surface area contributed by atoms with Gasteiger partial charge < -0.3 is 5.73 Å². The monoisotopic (exact) mass is 321 g/mol. The maximum Gasteiger partial charge on any atom is 0.143 e. The normalized spacial score (nSPS) is 24.2. The minimum atomic E-state index is -0.495. The van der Waals surface area contributed by atoms with E-state index >= 15 is 0 Å². The number of hydrogen-bond donors (Lipinski definition) is 1. The lowest BCUT2D eigenvalue weighted by Crippen LogP contribution is -2.34. The Morgan fingerprint density at radius 2 is 2.18 bits per heavy atom. The fraction of sp³-hybridized carbons (Fsp3) is 0.500. The van der Waals surface area contributed by atoms with Gasteiger partial charge in [0.15, 0.2) is 0 Å². The van der Waals surface area contributed by atoms with Gasteiger partial charge >= 0.3 is 0 Å². The van der Waals surface area contributed by atoms with Gasteiger partial charge in [0.1, 0.15) is 11.6 Å². The molecule has 1 heterocycles. The topological polar surface area (TPSA) is 26.0 Å². The summed E-state index contributed by atoms with van der Waals surface area (Å²) in [5.74, 6) is 0.0467. The average molecular weight is 322 g/mol. The molecular formula is C12H14BrF2NS. The third kappa shape index (κ3) is 2.66. The Labute approximate surface area is 112 Å². The molecule has 1 aromatic carbocycles. The molecule has 0 radical (unpaired) electrons. The first-order chi connectivity index (χ1) is 8.08. The zero-order chi connectivity index (χ0) is 12.5. The van der Waals surface area contributed by atoms with Crippen molar-refractivity contribution in [1.82, 2.24) is 0 Å². The Kier molecular flexibility index (Phi) is 4.10. The van der Waals surface area contributed by atoms with Gasteiger partial charge in [-0.25, -0.2) is 8.78 Å². The molecule has 0 amide bonds. The van der Waals surface area contributed by atoms with Gasteiger partial charge in [0.05, 0.1) is 4.47 Å². The third-order valence-corrected chi connectivity index (χ3v) is 5.43. The van der Waals surface area contributed by atoms with Gasteiger partial charge in [0.25, 0.3) is 0 Å². The van der Waals surface area contributed by atoms with Gasteiger partial charge in [-0.3, -0.25) is 0 Å². The van der Waals surface area contributed by atoms with Crippen LogP contribution in [-0.2, 0) is 6.42 Å². The van der Waals surface area contributed by atoms with E-state index in [0.717, 1.165) is 18.6 Å². The second kappa shape index (κ2) is 5.24. The van der Waals surface area contributed by atoms with Gasteiger partial charge in [0.2, 0.25) is 0 Å². The molecule has 1 aliphatic heterocycles. The van der Waals surface area contributed by atoms with Gasteiger partial charge in [-0.15, -0.1) is 0 Å². The molecule has 0 bridgehead atoms. The lowest BCUT2D eigenvalue weighted by Gasteiger charge is -2.26. The smallest absolute Gasteiger partial charge is 0.143 e. The van der Waals surface area contributed by atoms with E-state index in [1.165, 1.54) is 12.1 Å². The molecule has 1 nitrogen and oxygen atoms in total. The first-order valence-electron chi connectivity index (χ1n) is 5.54. The van der Waals surface area contributed by atoms with Crippen LogP contribution in [0.1, 0.15) is 18.4 Å². The van der Waals surface area contributed by atoms with Crippen LogP contribution in [-0.4, -0.2) is 17.0 Å². The van der Waals surface area contributed by atoms with Crippen LogP contribution in [0.2, 0.25) is 0 Å². The minimum Gasteiger partial charge on any atom is -0.329 e. The quantitative estimate of drug-likeness (QED) is 0.862. The van der Waals surface area contributed by atoms with Crippen molar-refractivity contribution < 1.29 is 8.78 Å². The number of hydrogen-bond acceptors (Lipinski definition) is 2. The van der Waals surface area contributed by atoms with Crippen LogP contribution >= 0.6 is 27.7 Å². The Bertz CT molecular complexity index is 419. The summed E-state index contributed by atoms with van der Waals surface area (Å²) in [5, 5.41) is 0. The third-order valence-electron chi connectivity index (χ3n) is 3.19. The maximum absolute atomic E-state index is 13.9. The van der Waals surface area contributed by atoms with Gasteiger partial charge in [-0.2, -0.15) is 11.8 Å². The number of benzene rings is 1. The predicted molar refractivity (Wildman–Crippen MR) is 71.2 cm³/mol. The molecule has 1 aliphatic rings. The average Bonchev–Trinajstić information content (AvgIpc) is 2.79. The van der Waals surface area contributed by atoms with E-state index in [0.29, 0.717) is 17.4 Å². The van der Waals surface area contributed by atoms with Crippen LogP contribution < -0.4 is 5.73 Å². The van der Waals surface area contributed by atoms with Crippen LogP contribution in [0.15, 0.2) is 16.6 Å². The molecule has 0 aliphatic carbocycles. The zero-order valence-corrected chi connectivity index (χ0v) is 11.7. The summed E-state index contributed by atoms with van der Waals surface area (Å²) in [6, 6.07) is 2.69. The molecule has 94 valence electrons. The molecule has 1 saturated heterocycles. The predicted octanol–water partition coefficient (Wildman–Crippen LogP) is 3.49. The Balaban J connectivity index is 2.32. The summed E-state index contributed by atoms with van der Waals surface area (Å²) in [6.45, 7) is 0.461. The molecule has 1 unspecified atom stereocenters. The highest BCUT2D eigenvalue weighted by atomic mass is 79.9. The van der Waals surface area contributed by atoms with Crippen molar-refractivity contribution in [2.45, 2.75) is 24.0 Å². The number of halogens is 3. The van der Waals surface area contributed by atoms with Crippen molar-refractivity contribution in [3.05, 3.63) is 33.8 Å². The highest BCUT2D eigenvalue weighted by Crippen LogP contribution is 2.41. The summed E-state index contributed by atoms with van der Waals surface area (Å²) in [7, 11) is 0. The zero-order valence-electron chi connectivity index (χ0n) is 9.31. The van der Waals surface area contributed by atoms with E-state index in [9.17, 15) is 8.78 Å². The van der Waals surface area contributed by atoms with Crippen molar-refractivity contribution in [3.8, 4) is 0 Å². The second-order valence-corrected chi connectivity index (χ2v) is 6.75. The van der Waals surface area contributed by atoms with Gasteiger partial charge in [-0.05, 0) is 53.1 Å². The molecule has 0 saturated carbocycles. The fourth-order valence-electron chi connectivity index (χ4n) is 2.18. The van der Waals surface area contributed by atoms with Crippen molar-refractivity contribution in [3.63, 3.8) is 0 Å². The minimum absolute atomic E-state index is 0.152. The van der Waals surface area contributed by atoms with Crippen LogP contribution in [0.4, 0.5) is 8.78 Å². The SMILES string of the molecule is NCC1(Cc2c(F)ccc(Br)c2F)CCCS1. The molecule has 2 rings (SSSR count). The highest BCUT2D eigenvalue weighted by Gasteiger charge is 2.35. The van der Waals surface area contributed by atoms with Crippen LogP contribution in [0.5, 0.6) is 0 Å². The van der Waals surface area contributed by atoms with E-state index in [1.807, 2.05) is 0 Å². The summed E-state index contributed by atoms with van der Waals surface area (Å²) < 4.78 is 27.7. The number of thioether (sulfide) groups is 1. The molecule has 5 heteroatoms. The lowest BCUT2D eigenvalue weighted by molar-refractivity contribution is 0.503. The Morgan fingerprint density at radius 3 is 2.76 bits per heavy atom. The van der Waals surface area contributed by atoms with Crippen LogP contribution in [0.3, 0.4) is 0 Å². The molecule has 1 fully saturated rings. The molecule has 2 N–H and O–H groups in total. The van der Waals surface area contributed by atoms with E-state index in [-0.39, 0.29) is 10.3 Å². The molecule has 0 aromatic heterocycles. The van der Waals surface area contributed by atoms with Gasteiger partial charge in [0, 0.05) is 16.9 Å². The standard InChI is InChI=1S/C12H14BrF2NS/c13-9-2-3-10(14)8(11(9)15)6-12(7-16)4-1-5-17-12/h2-3H,1,4-7,16H2. The first-order valence-corrected chi connectivity index (χ1v) is 7.32. The first kappa shape index (κ1) is 13.3. The molecular weight excluding hydrogens is 308 g/mol. The fourth-order valence-corrected chi connectivity index (χ4v) is 3.93. The van der Waals surface area contributed by atoms with Crippen molar-refractivity contribution in [1.29, 1.82) is 0 Å². The summed E-state index contributed by atoms with van der Waals surface area (Å²) in [5.41, 5.74) is 5.93. The lowest BCUT2D eigenvalue weighted by atomic mass is 9.94. The molecule has 1 atom stereocenters. The maximum atomic E-state index is 13.9. The molecule has 17 heavy (non-hydrogen) atoms. The summed E-state index contributed by atoms with van der Waals surface area (Å²) in [6.07, 6.45) is 2.37.